The van der Waals surface area contributed by atoms with Crippen molar-refractivity contribution in [3.63, 3.8) is 0 Å². The Morgan fingerprint density at radius 2 is 1.74 bits per heavy atom. The minimum Gasteiger partial charge on any atom is -1.00 e. The van der Waals surface area contributed by atoms with Gasteiger partial charge in [0.1, 0.15) is 12.4 Å². The fraction of sp³-hybridized carbons (Fsp3) is 0.143. The Balaban J connectivity index is 0.00000253. The molecule has 1 aliphatic rings. The molecule has 4 aromatic rings. The molecule has 214 valence electrons. The molecule has 1 atom stereocenters. The summed E-state index contributed by atoms with van der Waals surface area (Å²) in [6.45, 7) is 0.811. The molecule has 1 aromatic heterocycles. The van der Waals surface area contributed by atoms with Crippen molar-refractivity contribution in [3.05, 3.63) is 106 Å². The van der Waals surface area contributed by atoms with Crippen molar-refractivity contribution in [2.24, 2.45) is 0 Å². The van der Waals surface area contributed by atoms with E-state index in [2.05, 4.69) is 4.98 Å². The Labute approximate surface area is 265 Å². The summed E-state index contributed by atoms with van der Waals surface area (Å²) in [7, 11) is -6.00. The molecule has 1 amide bonds. The molecule has 42 heavy (non-hydrogen) atoms. The van der Waals surface area contributed by atoms with Crippen LogP contribution in [0.2, 0.25) is 0 Å². The van der Waals surface area contributed by atoms with E-state index in [1.165, 1.54) is 0 Å². The predicted octanol–water partition coefficient (Wildman–Crippen LogP) is 4.13. The molecular formula is C28H20F5N2NaO4S2. The molecular weight excluding hydrogens is 610 g/mol. The number of aromatic nitrogens is 1. The van der Waals surface area contributed by atoms with Gasteiger partial charge in [-0.25, -0.2) is 13.8 Å². The van der Waals surface area contributed by atoms with Crippen LogP contribution >= 0.6 is 11.9 Å². The maximum absolute atomic E-state index is 13.7. The zero-order valence-corrected chi connectivity index (χ0v) is 25.7. The Hall–Kier alpha value is -2.97. The summed E-state index contributed by atoms with van der Waals surface area (Å²) in [6.07, 6.45) is 3.24. The Bertz CT molecular complexity index is 1820. The molecule has 14 heteroatoms. The minimum atomic E-state index is -6.00. The van der Waals surface area contributed by atoms with Crippen LogP contribution in [0, 0.1) is 11.6 Å². The quantitative estimate of drug-likeness (QED) is 0.188. The Kier molecular flexibility index (Phi) is 9.38. The maximum atomic E-state index is 13.7. The number of amides is 1. The summed E-state index contributed by atoms with van der Waals surface area (Å²) >= 11 is 0.227. The summed E-state index contributed by atoms with van der Waals surface area (Å²) < 4.78 is 97.8. The van der Waals surface area contributed by atoms with Crippen LogP contribution in [0.3, 0.4) is 0 Å². The van der Waals surface area contributed by atoms with Gasteiger partial charge in [-0.3, -0.25) is 4.79 Å². The monoisotopic (exact) mass is 630 g/mol. The van der Waals surface area contributed by atoms with Gasteiger partial charge in [0, 0.05) is 23.9 Å². The maximum Gasteiger partial charge on any atom is 1.00 e. The van der Waals surface area contributed by atoms with Crippen molar-refractivity contribution >= 4 is 50.9 Å². The van der Waals surface area contributed by atoms with Crippen molar-refractivity contribution in [1.82, 2.24) is 8.69 Å². The molecule has 0 saturated carbocycles. The summed E-state index contributed by atoms with van der Waals surface area (Å²) in [4.78, 5) is 16.5. The molecule has 0 N–H and O–H groups in total. The van der Waals surface area contributed by atoms with E-state index < -0.39 is 38.3 Å². The van der Waals surface area contributed by atoms with E-state index in [9.17, 15) is 35.2 Å². The molecule has 0 fully saturated rings. The number of alkyl halides is 3. The van der Waals surface area contributed by atoms with Crippen LogP contribution in [0.15, 0.2) is 66.7 Å². The SMILES string of the molecule is CC(=O)N(SC1c2ccccc2COc2ccc(/C=C/c3ccc4cc(F)c(F)cc4n3)cc21)S(=O)(=O)C(F)(F)F.[H-].[Na+]. The molecule has 2 heterocycles. The number of carbonyl (C=O) groups excluding carboxylic acids is 1. The minimum absolute atomic E-state index is 0. The van der Waals surface area contributed by atoms with Crippen LogP contribution in [-0.2, 0) is 21.4 Å². The summed E-state index contributed by atoms with van der Waals surface area (Å²) in [5, 5.41) is -0.652. The topological polar surface area (TPSA) is 76.6 Å². The van der Waals surface area contributed by atoms with Crippen LogP contribution < -0.4 is 34.3 Å². The number of fused-ring (bicyclic) bond motifs is 3. The van der Waals surface area contributed by atoms with Gasteiger partial charge in [0.2, 0.25) is 5.91 Å². The fourth-order valence-corrected chi connectivity index (χ4v) is 6.74. The van der Waals surface area contributed by atoms with Gasteiger partial charge in [-0.1, -0.05) is 42.5 Å². The zero-order chi connectivity index (χ0) is 29.5. The van der Waals surface area contributed by atoms with Crippen molar-refractivity contribution in [2.75, 3.05) is 0 Å². The number of rotatable bonds is 5. The Morgan fingerprint density at radius 1 is 1.02 bits per heavy atom. The standard InChI is InChI=1S/C28H19F5N2O4S2.Na.H/c1-16(36)35(41(37,38)28(31,32)33)40-27-21-5-3-2-4-19(21)15-39-26-11-7-17(12-22(26)27)6-9-20-10-8-18-13-23(29)24(30)14-25(18)34-20;;/h2-14,27H,15H2,1H3;;/q;+1;-1/b9-6+;;. The Morgan fingerprint density at radius 3 is 2.45 bits per heavy atom. The second kappa shape index (κ2) is 12.3. The summed E-state index contributed by atoms with van der Waals surface area (Å²) in [5.74, 6) is -3.04. The van der Waals surface area contributed by atoms with Crippen molar-refractivity contribution in [3.8, 4) is 5.75 Å². The second-order valence-corrected chi connectivity index (χ2v) is 12.1. The number of ether oxygens (including phenoxy) is 1. The first-order valence-electron chi connectivity index (χ1n) is 11.9. The molecule has 0 bridgehead atoms. The molecule has 5 rings (SSSR count). The third kappa shape index (κ3) is 6.35. The van der Waals surface area contributed by atoms with Crippen LogP contribution in [0.1, 0.15) is 41.5 Å². The van der Waals surface area contributed by atoms with Gasteiger partial charge >= 0.3 is 45.1 Å². The van der Waals surface area contributed by atoms with Gasteiger partial charge in [-0.2, -0.15) is 25.3 Å². The summed E-state index contributed by atoms with van der Waals surface area (Å²) in [6, 6.07) is 16.8. The molecule has 0 radical (unpaired) electrons. The number of sulfonamides is 1. The third-order valence-corrected chi connectivity index (χ3v) is 9.50. The number of benzene rings is 3. The van der Waals surface area contributed by atoms with Crippen LogP contribution in [0.4, 0.5) is 22.0 Å². The molecule has 0 spiro atoms. The average Bonchev–Trinajstić information content (AvgIpc) is 3.06. The van der Waals surface area contributed by atoms with Crippen molar-refractivity contribution in [1.29, 1.82) is 0 Å². The van der Waals surface area contributed by atoms with Gasteiger partial charge in [0.15, 0.2) is 11.6 Å². The zero-order valence-electron chi connectivity index (χ0n) is 23.0. The predicted molar refractivity (Wildman–Crippen MR) is 146 cm³/mol. The molecule has 3 aromatic carbocycles. The number of pyridine rings is 1. The van der Waals surface area contributed by atoms with Crippen molar-refractivity contribution in [2.45, 2.75) is 24.3 Å². The van der Waals surface area contributed by atoms with E-state index >= 15 is 0 Å². The first-order chi connectivity index (χ1) is 19.3. The average molecular weight is 631 g/mol. The molecule has 0 saturated heterocycles. The molecule has 0 aliphatic carbocycles. The van der Waals surface area contributed by atoms with Gasteiger partial charge in [0.25, 0.3) is 0 Å². The molecule has 1 aliphatic heterocycles. The van der Waals surface area contributed by atoms with E-state index in [0.29, 0.717) is 39.1 Å². The van der Waals surface area contributed by atoms with Crippen LogP contribution in [-0.4, -0.2) is 28.5 Å². The first-order valence-corrected chi connectivity index (χ1v) is 14.2. The molecule has 1 unspecified atom stereocenters. The van der Waals surface area contributed by atoms with Crippen LogP contribution in [0.25, 0.3) is 23.1 Å². The van der Waals surface area contributed by atoms with E-state index in [-0.39, 0.29) is 58.8 Å². The van der Waals surface area contributed by atoms with Gasteiger partial charge in [-0.15, -0.1) is 0 Å². The first kappa shape index (κ1) is 32.0. The van der Waals surface area contributed by atoms with E-state index in [1.54, 1.807) is 66.7 Å². The molecule has 6 nitrogen and oxygen atoms in total. The smallest absolute Gasteiger partial charge is 1.00 e. The summed E-state index contributed by atoms with van der Waals surface area (Å²) in [5.41, 5.74) is -3.05. The van der Waals surface area contributed by atoms with E-state index in [1.807, 2.05) is 0 Å². The van der Waals surface area contributed by atoms with E-state index in [0.717, 1.165) is 19.1 Å². The number of hydrogen-bond donors (Lipinski definition) is 0. The van der Waals surface area contributed by atoms with Crippen LogP contribution in [0.5, 0.6) is 5.75 Å². The van der Waals surface area contributed by atoms with Crippen molar-refractivity contribution < 1.29 is 70.9 Å². The number of halogens is 5. The largest absolute Gasteiger partial charge is 1.00 e. The second-order valence-electron chi connectivity index (χ2n) is 9.00. The van der Waals surface area contributed by atoms with Gasteiger partial charge in [0.05, 0.1) is 16.5 Å². The fourth-order valence-electron chi connectivity index (χ4n) is 4.26. The van der Waals surface area contributed by atoms with E-state index in [4.69, 9.17) is 4.74 Å². The van der Waals surface area contributed by atoms with Gasteiger partial charge < -0.3 is 6.16 Å². The number of nitrogens with zero attached hydrogens (tertiary/aromatic N) is 2. The number of hydrogen-bond acceptors (Lipinski definition) is 6. The number of carbonyl (C=O) groups is 1. The third-order valence-electron chi connectivity index (χ3n) is 6.21. The van der Waals surface area contributed by atoms with Gasteiger partial charge in [-0.05, 0) is 59.0 Å². The normalized spacial score (nSPS) is 14.9.